The summed E-state index contributed by atoms with van der Waals surface area (Å²) in [5, 5.41) is 9.80. The van der Waals surface area contributed by atoms with Gasteiger partial charge in [0.15, 0.2) is 6.10 Å². The van der Waals surface area contributed by atoms with E-state index in [0.29, 0.717) is 17.4 Å². The van der Waals surface area contributed by atoms with Crippen molar-refractivity contribution in [2.45, 2.75) is 514 Å². The standard InChI is InChI=1S/C92H179NO8/c1-6-8-10-12-14-16-18-20-22-24-26-28-30-32-34-36-38-40-42-44-45-47-49-51-53-55-57-59-61-63-65-67-69-71-73-75-77-79-81-83-90(95)101-88(87-100-92(91(96)97)98-85-84-93(3,4)5)86-99-89(94)82-80-78-76-74-72-70-68-66-64-62-60-58-56-54-52-50-48-46-43-41-39-37-35-33-31-29-27-25-23-21-19-17-15-13-11-9-7-2/h24,26,88,92H,6-23,25,27-87H2,1-5H3/p+1/b26-24-. The predicted molar refractivity (Wildman–Crippen MR) is 438 cm³/mol. The highest BCUT2D eigenvalue weighted by Gasteiger charge is 2.25. The zero-order chi connectivity index (χ0) is 73.2. The Morgan fingerprint density at radius 1 is 0.287 bits per heavy atom. The number of carboxylic acids is 1. The molecule has 1 N–H and O–H groups in total. The van der Waals surface area contributed by atoms with Crippen molar-refractivity contribution in [3.05, 3.63) is 12.2 Å². The summed E-state index contributed by atoms with van der Waals surface area (Å²) in [4.78, 5) is 37.8. The zero-order valence-electron chi connectivity index (χ0n) is 69.1. The largest absolute Gasteiger partial charge is 0.477 e. The van der Waals surface area contributed by atoms with E-state index in [-0.39, 0.29) is 38.2 Å². The second kappa shape index (κ2) is 83.7. The molecule has 0 aliphatic heterocycles. The van der Waals surface area contributed by atoms with Gasteiger partial charge in [-0.1, -0.05) is 463 Å². The molecule has 0 aromatic heterocycles. The smallest absolute Gasteiger partial charge is 0.361 e. The Kier molecular flexibility index (Phi) is 82.0. The van der Waals surface area contributed by atoms with Crippen LogP contribution >= 0.6 is 0 Å². The molecule has 0 saturated carbocycles. The lowest BCUT2D eigenvalue weighted by Gasteiger charge is -2.25. The zero-order valence-corrected chi connectivity index (χ0v) is 69.1. The topological polar surface area (TPSA) is 108 Å². The number of ether oxygens (including phenoxy) is 4. The Labute approximate surface area is 631 Å². The summed E-state index contributed by atoms with van der Waals surface area (Å²) in [6.07, 6.45) is 104. The molecule has 2 atom stereocenters. The Bertz CT molecular complexity index is 1660. The van der Waals surface area contributed by atoms with Crippen molar-refractivity contribution in [1.29, 1.82) is 0 Å². The maximum absolute atomic E-state index is 13.0. The molecule has 0 aliphatic carbocycles. The molecule has 9 nitrogen and oxygen atoms in total. The molecule has 600 valence electrons. The average Bonchev–Trinajstić information content (AvgIpc) is 1.21. The molecule has 0 spiro atoms. The van der Waals surface area contributed by atoms with Crippen LogP contribution in [0.1, 0.15) is 502 Å². The fourth-order valence-electron chi connectivity index (χ4n) is 14.6. The van der Waals surface area contributed by atoms with E-state index in [0.717, 1.165) is 38.5 Å². The van der Waals surface area contributed by atoms with E-state index in [1.165, 1.54) is 437 Å². The van der Waals surface area contributed by atoms with Crippen LogP contribution in [-0.4, -0.2) is 87.4 Å². The van der Waals surface area contributed by atoms with E-state index in [1.807, 2.05) is 21.1 Å². The Morgan fingerprint density at radius 3 is 0.733 bits per heavy atom. The molecule has 0 radical (unpaired) electrons. The van der Waals surface area contributed by atoms with Gasteiger partial charge in [0.05, 0.1) is 34.4 Å². The third-order valence-electron chi connectivity index (χ3n) is 21.5. The van der Waals surface area contributed by atoms with Crippen molar-refractivity contribution in [3.8, 4) is 0 Å². The normalized spacial score (nSPS) is 12.5. The SMILES string of the molecule is CCCCCCCCCC/C=C\CCCCCCCCCCCCCCCCCCCCCCCCCCCCCC(=O)OC(COC(=O)CCCCCCCCCCCCCCCCCCCCCCCCCCCCCCCCCCCCCCC)COC(OCC[N+](C)(C)C)C(=O)O. The molecule has 0 aromatic rings. The van der Waals surface area contributed by atoms with Crippen molar-refractivity contribution in [2.75, 3.05) is 47.5 Å². The van der Waals surface area contributed by atoms with Gasteiger partial charge in [-0.15, -0.1) is 0 Å². The van der Waals surface area contributed by atoms with Crippen LogP contribution in [0, 0.1) is 0 Å². The summed E-state index contributed by atoms with van der Waals surface area (Å²) in [6, 6.07) is 0. The summed E-state index contributed by atoms with van der Waals surface area (Å²) >= 11 is 0. The van der Waals surface area contributed by atoms with Gasteiger partial charge in [-0.05, 0) is 38.5 Å². The van der Waals surface area contributed by atoms with Crippen LogP contribution in [-0.2, 0) is 33.3 Å². The number of rotatable bonds is 88. The fourth-order valence-corrected chi connectivity index (χ4v) is 14.6. The van der Waals surface area contributed by atoms with E-state index in [2.05, 4.69) is 26.0 Å². The van der Waals surface area contributed by atoms with Crippen LogP contribution in [0.4, 0.5) is 0 Å². The Hall–Kier alpha value is -1.97. The minimum atomic E-state index is -1.51. The molecule has 0 heterocycles. The summed E-state index contributed by atoms with van der Waals surface area (Å²) in [6.45, 7) is 4.99. The quantitative estimate of drug-likeness (QED) is 0.0211. The molecular weight excluding hydrogens is 1250 g/mol. The Balaban J connectivity index is 3.87. The molecule has 2 unspecified atom stereocenters. The number of carboxylic acid groups (broad SMARTS) is 1. The number of carbonyl (C=O) groups is 3. The number of unbranched alkanes of at least 4 members (excludes halogenated alkanes) is 71. The number of nitrogens with zero attached hydrogens (tertiary/aromatic N) is 1. The van der Waals surface area contributed by atoms with Gasteiger partial charge >= 0.3 is 17.9 Å². The van der Waals surface area contributed by atoms with Gasteiger partial charge < -0.3 is 28.5 Å². The number of esters is 2. The number of likely N-dealkylation sites (N-methyl/N-ethyl adjacent to an activating group) is 1. The maximum atomic E-state index is 13.0. The van der Waals surface area contributed by atoms with Crippen LogP contribution in [0.5, 0.6) is 0 Å². The van der Waals surface area contributed by atoms with Crippen molar-refractivity contribution >= 4 is 17.9 Å². The molecule has 0 fully saturated rings. The number of hydrogen-bond donors (Lipinski definition) is 1. The van der Waals surface area contributed by atoms with E-state index in [9.17, 15) is 19.5 Å². The lowest BCUT2D eigenvalue weighted by molar-refractivity contribution is -0.870. The fraction of sp³-hybridized carbons (Fsp3) is 0.946. The van der Waals surface area contributed by atoms with E-state index < -0.39 is 18.4 Å². The van der Waals surface area contributed by atoms with Crippen LogP contribution in [0.15, 0.2) is 12.2 Å². The van der Waals surface area contributed by atoms with Gasteiger partial charge in [0.25, 0.3) is 6.29 Å². The maximum Gasteiger partial charge on any atom is 0.361 e. The highest BCUT2D eigenvalue weighted by atomic mass is 16.7. The number of allylic oxidation sites excluding steroid dienone is 2. The van der Waals surface area contributed by atoms with Crippen LogP contribution in [0.25, 0.3) is 0 Å². The van der Waals surface area contributed by atoms with Gasteiger partial charge in [-0.3, -0.25) is 9.59 Å². The molecule has 0 aliphatic rings. The van der Waals surface area contributed by atoms with Gasteiger partial charge in [0.1, 0.15) is 13.2 Å². The summed E-state index contributed by atoms with van der Waals surface area (Å²) in [5.41, 5.74) is 0. The molecule has 0 amide bonds. The van der Waals surface area contributed by atoms with E-state index in [4.69, 9.17) is 18.9 Å². The monoisotopic (exact) mass is 1430 g/mol. The first-order chi connectivity index (χ1) is 49.6. The minimum absolute atomic E-state index is 0.172. The van der Waals surface area contributed by atoms with Crippen molar-refractivity contribution < 1.29 is 42.9 Å². The first-order valence-corrected chi connectivity index (χ1v) is 45.9. The predicted octanol–water partition coefficient (Wildman–Crippen LogP) is 29.8. The lowest BCUT2D eigenvalue weighted by Crippen LogP contribution is -2.40. The van der Waals surface area contributed by atoms with Gasteiger partial charge in [0, 0.05) is 12.8 Å². The molecular formula is C92H180NO8+. The van der Waals surface area contributed by atoms with E-state index >= 15 is 0 Å². The van der Waals surface area contributed by atoms with Crippen LogP contribution in [0.3, 0.4) is 0 Å². The van der Waals surface area contributed by atoms with Gasteiger partial charge in [-0.25, -0.2) is 4.79 Å². The lowest BCUT2D eigenvalue weighted by atomic mass is 10.0. The average molecular weight is 1430 g/mol. The van der Waals surface area contributed by atoms with Crippen molar-refractivity contribution in [2.24, 2.45) is 0 Å². The van der Waals surface area contributed by atoms with Gasteiger partial charge in [0.2, 0.25) is 0 Å². The van der Waals surface area contributed by atoms with Crippen molar-refractivity contribution in [3.63, 3.8) is 0 Å². The number of aliphatic carboxylic acids is 1. The first kappa shape index (κ1) is 99.0. The molecule has 0 aromatic carbocycles. The molecule has 0 saturated heterocycles. The minimum Gasteiger partial charge on any atom is -0.477 e. The highest BCUT2D eigenvalue weighted by molar-refractivity contribution is 5.71. The highest BCUT2D eigenvalue weighted by Crippen LogP contribution is 2.22. The molecule has 0 rings (SSSR count). The molecule has 0 bridgehead atoms. The van der Waals surface area contributed by atoms with E-state index in [1.54, 1.807) is 0 Å². The summed E-state index contributed by atoms with van der Waals surface area (Å²) in [7, 11) is 6.01. The first-order valence-electron chi connectivity index (χ1n) is 45.9. The number of quaternary nitrogens is 1. The van der Waals surface area contributed by atoms with Crippen molar-refractivity contribution in [1.82, 2.24) is 0 Å². The second-order valence-corrected chi connectivity index (χ2v) is 33.0. The second-order valence-electron chi connectivity index (χ2n) is 33.0. The van der Waals surface area contributed by atoms with Gasteiger partial charge in [-0.2, -0.15) is 0 Å². The van der Waals surface area contributed by atoms with Crippen LogP contribution < -0.4 is 0 Å². The van der Waals surface area contributed by atoms with Crippen LogP contribution in [0.2, 0.25) is 0 Å². The summed E-state index contributed by atoms with van der Waals surface area (Å²) in [5.74, 6) is -1.96. The molecule has 9 heteroatoms. The number of hydrogen-bond acceptors (Lipinski definition) is 7. The third-order valence-corrected chi connectivity index (χ3v) is 21.5. The molecule has 101 heavy (non-hydrogen) atoms. The third kappa shape index (κ3) is 85.2. The number of carbonyl (C=O) groups excluding carboxylic acids is 2. The Morgan fingerprint density at radius 2 is 0.505 bits per heavy atom. The summed E-state index contributed by atoms with van der Waals surface area (Å²) < 4.78 is 23.1.